The molecule has 0 aliphatic heterocycles. The van der Waals surface area contributed by atoms with Gasteiger partial charge < -0.3 is 20.5 Å². The Bertz CT molecular complexity index is 709. The van der Waals surface area contributed by atoms with Gasteiger partial charge in [0.25, 0.3) is 0 Å². The van der Waals surface area contributed by atoms with Gasteiger partial charge in [0.15, 0.2) is 0 Å². The van der Waals surface area contributed by atoms with Crippen LogP contribution in [0.1, 0.15) is 32.3 Å². The van der Waals surface area contributed by atoms with Crippen LogP contribution in [0.3, 0.4) is 0 Å². The second-order valence-electron chi connectivity index (χ2n) is 6.02. The highest BCUT2D eigenvalue weighted by molar-refractivity contribution is 6.27. The van der Waals surface area contributed by atoms with Gasteiger partial charge in [0.05, 0.1) is 0 Å². The van der Waals surface area contributed by atoms with Crippen molar-refractivity contribution in [2.75, 3.05) is 6.54 Å². The maximum Gasteiger partial charge on any atom is 0.414 e. The summed E-state index contributed by atoms with van der Waals surface area (Å²) in [5.41, 5.74) is 2.47. The number of hydrogen-bond donors (Lipinski definition) is 4. The molecule has 1 aromatic heterocycles. The number of carbonyl (C=O) groups excluding carboxylic acids is 1. The minimum Gasteiger partial charge on any atom is -0.473 e. The van der Waals surface area contributed by atoms with E-state index in [1.165, 1.54) is 16.5 Å². The van der Waals surface area contributed by atoms with Gasteiger partial charge in [-0.1, -0.05) is 32.0 Å². The molecule has 0 atom stereocenters. The van der Waals surface area contributed by atoms with Crippen molar-refractivity contribution < 1.29 is 24.6 Å². The highest BCUT2D eigenvalue weighted by Crippen LogP contribution is 2.19. The summed E-state index contributed by atoms with van der Waals surface area (Å²) in [7, 11) is 0. The van der Waals surface area contributed by atoms with E-state index in [4.69, 9.17) is 19.8 Å². The van der Waals surface area contributed by atoms with Gasteiger partial charge in [0.1, 0.15) is 0 Å². The van der Waals surface area contributed by atoms with Gasteiger partial charge in [-0.15, -0.1) is 0 Å². The van der Waals surface area contributed by atoms with E-state index in [-0.39, 0.29) is 5.91 Å². The molecule has 7 nitrogen and oxygen atoms in total. The SMILES string of the molecule is CC(C)CNC(=O)CCCc1c[nH]c2ccccc12.O=C(O)C(=O)O. The number of H-pyrrole nitrogens is 1. The number of carboxylic acids is 2. The van der Waals surface area contributed by atoms with Crippen LogP contribution in [0.5, 0.6) is 0 Å². The van der Waals surface area contributed by atoms with Crippen molar-refractivity contribution in [1.29, 1.82) is 0 Å². The Labute approximate surface area is 146 Å². The third-order valence-electron chi connectivity index (χ3n) is 3.42. The zero-order chi connectivity index (χ0) is 18.8. The maximum atomic E-state index is 11.6. The highest BCUT2D eigenvalue weighted by Gasteiger charge is 2.06. The van der Waals surface area contributed by atoms with Gasteiger partial charge in [0, 0.05) is 30.1 Å². The zero-order valence-corrected chi connectivity index (χ0v) is 14.4. The smallest absolute Gasteiger partial charge is 0.414 e. The molecule has 1 aromatic carbocycles. The first-order chi connectivity index (χ1) is 11.8. The molecule has 7 heteroatoms. The van der Waals surface area contributed by atoms with E-state index >= 15 is 0 Å². The Kier molecular flexibility index (Phi) is 8.18. The summed E-state index contributed by atoms with van der Waals surface area (Å²) in [6, 6.07) is 8.28. The monoisotopic (exact) mass is 348 g/mol. The summed E-state index contributed by atoms with van der Waals surface area (Å²) in [6.07, 6.45) is 4.49. The minimum atomic E-state index is -1.82. The minimum absolute atomic E-state index is 0.161. The summed E-state index contributed by atoms with van der Waals surface area (Å²) in [5.74, 6) is -2.98. The average Bonchev–Trinajstić information content (AvgIpc) is 2.97. The lowest BCUT2D eigenvalue weighted by Gasteiger charge is -2.07. The van der Waals surface area contributed by atoms with Gasteiger partial charge >= 0.3 is 11.9 Å². The van der Waals surface area contributed by atoms with Crippen molar-refractivity contribution in [2.24, 2.45) is 5.92 Å². The number of carboxylic acid groups (broad SMARTS) is 2. The van der Waals surface area contributed by atoms with Gasteiger partial charge in [-0.3, -0.25) is 4.79 Å². The first-order valence-electron chi connectivity index (χ1n) is 8.09. The molecule has 0 saturated heterocycles. The Morgan fingerprint density at radius 2 is 1.76 bits per heavy atom. The number of hydrogen-bond acceptors (Lipinski definition) is 3. The molecule has 2 rings (SSSR count). The third-order valence-corrected chi connectivity index (χ3v) is 3.42. The van der Waals surface area contributed by atoms with E-state index < -0.39 is 11.9 Å². The van der Waals surface area contributed by atoms with E-state index in [1.807, 2.05) is 6.07 Å². The van der Waals surface area contributed by atoms with Crippen molar-refractivity contribution >= 4 is 28.7 Å². The quantitative estimate of drug-likeness (QED) is 0.598. The number of amides is 1. The lowest BCUT2D eigenvalue weighted by atomic mass is 10.1. The van der Waals surface area contributed by atoms with Crippen LogP contribution < -0.4 is 5.32 Å². The van der Waals surface area contributed by atoms with Crippen LogP contribution in [-0.2, 0) is 20.8 Å². The van der Waals surface area contributed by atoms with Crippen molar-refractivity contribution in [3.8, 4) is 0 Å². The number of para-hydroxylation sites is 1. The third kappa shape index (κ3) is 7.52. The summed E-state index contributed by atoms with van der Waals surface area (Å²) >= 11 is 0. The first-order valence-corrected chi connectivity index (χ1v) is 8.09. The fourth-order valence-corrected chi connectivity index (χ4v) is 2.18. The Balaban J connectivity index is 0.000000450. The molecule has 0 bridgehead atoms. The summed E-state index contributed by atoms with van der Waals surface area (Å²) in [5, 5.41) is 19.0. The van der Waals surface area contributed by atoms with Crippen LogP contribution in [-0.4, -0.2) is 39.6 Å². The molecule has 0 spiro atoms. The number of nitrogens with one attached hydrogen (secondary N) is 2. The molecule has 0 aliphatic carbocycles. The van der Waals surface area contributed by atoms with Crippen LogP contribution in [0.4, 0.5) is 0 Å². The number of benzene rings is 1. The fourth-order valence-electron chi connectivity index (χ4n) is 2.18. The van der Waals surface area contributed by atoms with Crippen molar-refractivity contribution in [2.45, 2.75) is 33.1 Å². The normalized spacial score (nSPS) is 10.2. The van der Waals surface area contributed by atoms with Crippen LogP contribution in [0.15, 0.2) is 30.5 Å². The highest BCUT2D eigenvalue weighted by atomic mass is 16.4. The van der Waals surface area contributed by atoms with Gasteiger partial charge in [-0.25, -0.2) is 9.59 Å². The standard InChI is InChI=1S/C16H22N2O.C2H2O4/c1-12(2)10-18-16(19)9-5-6-13-11-17-15-8-4-3-7-14(13)15;3-1(4)2(5)6/h3-4,7-8,11-12,17H,5-6,9-10H2,1-2H3,(H,18,19);(H,3,4)(H,5,6). The average molecular weight is 348 g/mol. The predicted molar refractivity (Wildman–Crippen MR) is 94.4 cm³/mol. The van der Waals surface area contributed by atoms with E-state index in [0.717, 1.165) is 19.4 Å². The number of aliphatic carboxylic acids is 2. The molecule has 25 heavy (non-hydrogen) atoms. The van der Waals surface area contributed by atoms with E-state index in [1.54, 1.807) is 0 Å². The first kappa shape index (κ1) is 20.2. The molecule has 0 radical (unpaired) electrons. The molecular weight excluding hydrogens is 324 g/mol. The molecule has 1 amide bonds. The van der Waals surface area contributed by atoms with Gasteiger partial charge in [0.2, 0.25) is 5.91 Å². The maximum absolute atomic E-state index is 11.6. The number of rotatable bonds is 6. The zero-order valence-electron chi connectivity index (χ0n) is 14.4. The molecule has 0 fully saturated rings. The Hall–Kier alpha value is -2.83. The van der Waals surface area contributed by atoms with E-state index in [9.17, 15) is 4.79 Å². The molecular formula is C18H24N2O5. The molecule has 0 saturated carbocycles. The molecule has 0 unspecified atom stereocenters. The molecule has 0 aliphatic rings. The Morgan fingerprint density at radius 1 is 1.12 bits per heavy atom. The fraction of sp³-hybridized carbons (Fsp3) is 0.389. The van der Waals surface area contributed by atoms with Gasteiger partial charge in [-0.2, -0.15) is 0 Å². The van der Waals surface area contributed by atoms with Crippen LogP contribution in [0.2, 0.25) is 0 Å². The van der Waals surface area contributed by atoms with Crippen LogP contribution in [0.25, 0.3) is 10.9 Å². The molecule has 2 aromatic rings. The topological polar surface area (TPSA) is 119 Å². The summed E-state index contributed by atoms with van der Waals surface area (Å²) < 4.78 is 0. The van der Waals surface area contributed by atoms with Crippen molar-refractivity contribution in [1.82, 2.24) is 10.3 Å². The lowest BCUT2D eigenvalue weighted by molar-refractivity contribution is -0.159. The number of aromatic nitrogens is 1. The second-order valence-corrected chi connectivity index (χ2v) is 6.02. The van der Waals surface area contributed by atoms with E-state index in [2.05, 4.69) is 48.5 Å². The number of aryl methyl sites for hydroxylation is 1. The Morgan fingerprint density at radius 3 is 2.36 bits per heavy atom. The van der Waals surface area contributed by atoms with Crippen LogP contribution in [0, 0.1) is 5.92 Å². The summed E-state index contributed by atoms with van der Waals surface area (Å²) in [6.45, 7) is 4.98. The predicted octanol–water partition coefficient (Wildman–Crippen LogP) is 2.42. The second kappa shape index (κ2) is 10.1. The molecule has 136 valence electrons. The number of fused-ring (bicyclic) bond motifs is 1. The largest absolute Gasteiger partial charge is 0.473 e. The molecule has 4 N–H and O–H groups in total. The van der Waals surface area contributed by atoms with Gasteiger partial charge in [-0.05, 0) is 30.4 Å². The van der Waals surface area contributed by atoms with Crippen molar-refractivity contribution in [3.05, 3.63) is 36.0 Å². The molecule has 1 heterocycles. The van der Waals surface area contributed by atoms with Crippen molar-refractivity contribution in [3.63, 3.8) is 0 Å². The number of aromatic amines is 1. The lowest BCUT2D eigenvalue weighted by Crippen LogP contribution is -2.27. The van der Waals surface area contributed by atoms with E-state index in [0.29, 0.717) is 12.3 Å². The summed E-state index contributed by atoms with van der Waals surface area (Å²) in [4.78, 5) is 33.1. The number of carbonyl (C=O) groups is 3. The van der Waals surface area contributed by atoms with Crippen LogP contribution >= 0.6 is 0 Å².